The van der Waals surface area contributed by atoms with Crippen LogP contribution < -0.4 is 10.1 Å². The molecular formula is C13H15Cl2N3O. The molecule has 0 radical (unpaired) electrons. The van der Waals surface area contributed by atoms with Crippen LogP contribution in [0.15, 0.2) is 24.4 Å². The summed E-state index contributed by atoms with van der Waals surface area (Å²) in [6, 6.07) is 5.72. The van der Waals surface area contributed by atoms with E-state index in [1.165, 1.54) is 0 Å². The molecule has 1 heterocycles. The summed E-state index contributed by atoms with van der Waals surface area (Å²) < 4.78 is 7.42. The van der Waals surface area contributed by atoms with Gasteiger partial charge in [-0.15, -0.1) is 0 Å². The molecule has 0 aliphatic rings. The van der Waals surface area contributed by atoms with Crippen LogP contribution in [-0.4, -0.2) is 16.6 Å². The highest BCUT2D eigenvalue weighted by molar-refractivity contribution is 6.32. The van der Waals surface area contributed by atoms with Crippen LogP contribution in [0.2, 0.25) is 10.2 Å². The number of halogens is 2. The SMILES string of the molecule is CNCc1ccc(OCc2ncc(Cl)n2C)c(Cl)c1. The first-order valence-electron chi connectivity index (χ1n) is 5.83. The number of imidazole rings is 1. The molecule has 1 N–H and O–H groups in total. The van der Waals surface area contributed by atoms with Crippen molar-refractivity contribution >= 4 is 23.2 Å². The van der Waals surface area contributed by atoms with Crippen LogP contribution >= 0.6 is 23.2 Å². The van der Waals surface area contributed by atoms with Crippen molar-refractivity contribution < 1.29 is 4.74 Å². The summed E-state index contributed by atoms with van der Waals surface area (Å²) in [4.78, 5) is 4.16. The lowest BCUT2D eigenvalue weighted by Crippen LogP contribution is -2.06. The van der Waals surface area contributed by atoms with E-state index < -0.39 is 0 Å². The minimum atomic E-state index is 0.328. The minimum Gasteiger partial charge on any atom is -0.484 e. The molecule has 19 heavy (non-hydrogen) atoms. The standard InChI is InChI=1S/C13H15Cl2N3O/c1-16-6-9-3-4-11(10(14)5-9)19-8-13-17-7-12(15)18(13)2/h3-5,7,16H,6,8H2,1-2H3. The second-order valence-electron chi connectivity index (χ2n) is 4.14. The predicted molar refractivity (Wildman–Crippen MR) is 76.8 cm³/mol. The maximum Gasteiger partial charge on any atom is 0.147 e. The van der Waals surface area contributed by atoms with Gasteiger partial charge in [0.25, 0.3) is 0 Å². The first kappa shape index (κ1) is 14.2. The fourth-order valence-corrected chi connectivity index (χ4v) is 2.08. The normalized spacial score (nSPS) is 10.7. The first-order chi connectivity index (χ1) is 9.11. The third-order valence-electron chi connectivity index (χ3n) is 2.76. The lowest BCUT2D eigenvalue weighted by atomic mass is 10.2. The van der Waals surface area contributed by atoms with Crippen molar-refractivity contribution in [1.82, 2.24) is 14.9 Å². The van der Waals surface area contributed by atoms with E-state index in [9.17, 15) is 0 Å². The van der Waals surface area contributed by atoms with Gasteiger partial charge in [0, 0.05) is 13.6 Å². The van der Waals surface area contributed by atoms with Crippen LogP contribution in [0.5, 0.6) is 5.75 Å². The van der Waals surface area contributed by atoms with Gasteiger partial charge in [0.2, 0.25) is 0 Å². The van der Waals surface area contributed by atoms with Crippen LogP contribution in [-0.2, 0) is 20.2 Å². The number of hydrogen-bond donors (Lipinski definition) is 1. The van der Waals surface area contributed by atoms with Gasteiger partial charge >= 0.3 is 0 Å². The maximum absolute atomic E-state index is 6.17. The van der Waals surface area contributed by atoms with Crippen molar-refractivity contribution in [2.24, 2.45) is 7.05 Å². The molecule has 0 spiro atoms. The molecule has 0 fully saturated rings. The third kappa shape index (κ3) is 3.41. The van der Waals surface area contributed by atoms with E-state index in [1.54, 1.807) is 10.8 Å². The third-order valence-corrected chi connectivity index (χ3v) is 3.41. The zero-order chi connectivity index (χ0) is 13.8. The van der Waals surface area contributed by atoms with Crippen molar-refractivity contribution in [3.63, 3.8) is 0 Å². The van der Waals surface area contributed by atoms with E-state index in [1.807, 2.05) is 32.3 Å². The first-order valence-corrected chi connectivity index (χ1v) is 6.59. The maximum atomic E-state index is 6.17. The molecule has 0 amide bonds. The molecule has 0 saturated carbocycles. The van der Waals surface area contributed by atoms with Crippen molar-refractivity contribution in [2.45, 2.75) is 13.2 Å². The molecule has 0 saturated heterocycles. The highest BCUT2D eigenvalue weighted by Crippen LogP contribution is 2.26. The van der Waals surface area contributed by atoms with Gasteiger partial charge in [-0.05, 0) is 24.7 Å². The summed E-state index contributed by atoms with van der Waals surface area (Å²) in [5.74, 6) is 1.39. The van der Waals surface area contributed by atoms with Gasteiger partial charge in [0.15, 0.2) is 0 Å². The molecule has 1 aromatic carbocycles. The number of ether oxygens (including phenoxy) is 1. The summed E-state index contributed by atoms with van der Waals surface area (Å²) in [6.45, 7) is 1.10. The molecule has 102 valence electrons. The Morgan fingerprint density at radius 2 is 2.16 bits per heavy atom. The summed E-state index contributed by atoms with van der Waals surface area (Å²) >= 11 is 12.1. The average molecular weight is 300 g/mol. The smallest absolute Gasteiger partial charge is 0.147 e. The number of hydrogen-bond acceptors (Lipinski definition) is 3. The van der Waals surface area contributed by atoms with Crippen LogP contribution in [0.25, 0.3) is 0 Å². The Labute approximate surface area is 122 Å². The molecule has 0 aliphatic carbocycles. The number of benzene rings is 1. The molecule has 1 aromatic heterocycles. The van der Waals surface area contributed by atoms with Gasteiger partial charge in [0.05, 0.1) is 11.2 Å². The zero-order valence-electron chi connectivity index (χ0n) is 10.8. The van der Waals surface area contributed by atoms with Crippen molar-refractivity contribution in [2.75, 3.05) is 7.05 Å². The zero-order valence-corrected chi connectivity index (χ0v) is 12.3. The molecule has 0 bridgehead atoms. The molecule has 6 heteroatoms. The largest absolute Gasteiger partial charge is 0.484 e. The van der Waals surface area contributed by atoms with Crippen molar-refractivity contribution in [1.29, 1.82) is 0 Å². The minimum absolute atomic E-state index is 0.328. The van der Waals surface area contributed by atoms with Crippen molar-refractivity contribution in [3.8, 4) is 5.75 Å². The van der Waals surface area contributed by atoms with Crippen LogP contribution in [0.3, 0.4) is 0 Å². The molecule has 0 aliphatic heterocycles. The fourth-order valence-electron chi connectivity index (χ4n) is 1.68. The molecule has 0 unspecified atom stereocenters. The topological polar surface area (TPSA) is 39.1 Å². The van der Waals surface area contributed by atoms with E-state index in [0.717, 1.165) is 17.9 Å². The van der Waals surface area contributed by atoms with E-state index in [-0.39, 0.29) is 0 Å². The highest BCUT2D eigenvalue weighted by atomic mass is 35.5. The monoisotopic (exact) mass is 299 g/mol. The van der Waals surface area contributed by atoms with Gasteiger partial charge in [-0.3, -0.25) is 0 Å². The number of nitrogens with one attached hydrogen (secondary N) is 1. The Hall–Kier alpha value is -1.23. The number of rotatable bonds is 5. The summed E-state index contributed by atoms with van der Waals surface area (Å²) in [6.07, 6.45) is 1.60. The summed E-state index contributed by atoms with van der Waals surface area (Å²) in [7, 11) is 3.73. The lowest BCUT2D eigenvalue weighted by Gasteiger charge is -2.09. The Morgan fingerprint density at radius 1 is 1.37 bits per heavy atom. The van der Waals surface area contributed by atoms with E-state index in [0.29, 0.717) is 22.5 Å². The van der Waals surface area contributed by atoms with Gasteiger partial charge in [-0.2, -0.15) is 0 Å². The Kier molecular flexibility index (Phi) is 4.69. The fraction of sp³-hybridized carbons (Fsp3) is 0.308. The van der Waals surface area contributed by atoms with Crippen LogP contribution in [0, 0.1) is 0 Å². The van der Waals surface area contributed by atoms with E-state index >= 15 is 0 Å². The molecular weight excluding hydrogens is 285 g/mol. The second-order valence-corrected chi connectivity index (χ2v) is 4.93. The average Bonchev–Trinajstić information content (AvgIpc) is 2.70. The van der Waals surface area contributed by atoms with E-state index in [4.69, 9.17) is 27.9 Å². The van der Waals surface area contributed by atoms with Crippen molar-refractivity contribution in [3.05, 3.63) is 46.0 Å². The van der Waals surface area contributed by atoms with Crippen LogP contribution in [0.4, 0.5) is 0 Å². The molecule has 4 nitrogen and oxygen atoms in total. The molecule has 2 aromatic rings. The Balaban J connectivity index is 2.05. The molecule has 2 rings (SSSR count). The predicted octanol–water partition coefficient (Wildman–Crippen LogP) is 3.03. The van der Waals surface area contributed by atoms with Gasteiger partial charge in [-0.1, -0.05) is 29.3 Å². The second kappa shape index (κ2) is 6.28. The highest BCUT2D eigenvalue weighted by Gasteiger charge is 2.07. The molecule has 0 atom stereocenters. The Morgan fingerprint density at radius 3 is 2.74 bits per heavy atom. The van der Waals surface area contributed by atoms with Crippen LogP contribution in [0.1, 0.15) is 11.4 Å². The van der Waals surface area contributed by atoms with E-state index in [2.05, 4.69) is 10.3 Å². The Bertz CT molecular complexity index is 569. The summed E-state index contributed by atoms with van der Waals surface area (Å²) in [5, 5.41) is 4.24. The lowest BCUT2D eigenvalue weighted by molar-refractivity contribution is 0.292. The van der Waals surface area contributed by atoms with Gasteiger partial charge < -0.3 is 14.6 Å². The quantitative estimate of drug-likeness (QED) is 0.922. The summed E-state index contributed by atoms with van der Waals surface area (Å²) in [5.41, 5.74) is 1.11. The number of aromatic nitrogens is 2. The number of nitrogens with zero attached hydrogens (tertiary/aromatic N) is 2. The van der Waals surface area contributed by atoms with Gasteiger partial charge in [-0.25, -0.2) is 4.98 Å². The van der Waals surface area contributed by atoms with Gasteiger partial charge in [0.1, 0.15) is 23.3 Å².